The van der Waals surface area contributed by atoms with Gasteiger partial charge in [-0.15, -0.1) is 0 Å². The number of aliphatic carboxylic acids is 1. The first-order chi connectivity index (χ1) is 11.9. The van der Waals surface area contributed by atoms with Gasteiger partial charge in [0.25, 0.3) is 0 Å². The van der Waals surface area contributed by atoms with Crippen LogP contribution in [0.5, 0.6) is 11.5 Å². The van der Waals surface area contributed by atoms with Crippen molar-refractivity contribution in [3.8, 4) is 11.5 Å². The molecule has 1 aromatic rings. The summed E-state index contributed by atoms with van der Waals surface area (Å²) in [6.07, 6.45) is 1.74. The van der Waals surface area contributed by atoms with Gasteiger partial charge in [-0.3, -0.25) is 14.5 Å². The topological polar surface area (TPSA) is 79.3 Å². The van der Waals surface area contributed by atoms with Crippen LogP contribution in [0.2, 0.25) is 0 Å². The number of methoxy groups -OCH3 is 2. The van der Waals surface area contributed by atoms with E-state index in [1.54, 1.807) is 33.1 Å². The zero-order valence-corrected chi connectivity index (χ0v) is 15.2. The summed E-state index contributed by atoms with van der Waals surface area (Å²) in [6, 6.07) is 4.76. The van der Waals surface area contributed by atoms with E-state index in [0.717, 1.165) is 24.2 Å². The Labute approximate surface area is 148 Å². The first-order valence-electron chi connectivity index (χ1n) is 8.33. The van der Waals surface area contributed by atoms with Gasteiger partial charge in [-0.1, -0.05) is 0 Å². The van der Waals surface area contributed by atoms with Crippen molar-refractivity contribution in [1.29, 1.82) is 0 Å². The molecule has 0 saturated carbocycles. The van der Waals surface area contributed by atoms with Gasteiger partial charge in [-0.25, -0.2) is 0 Å². The Kier molecular flexibility index (Phi) is 6.25. The van der Waals surface area contributed by atoms with Crippen LogP contribution in [0, 0.1) is 0 Å². The van der Waals surface area contributed by atoms with Crippen molar-refractivity contribution in [2.24, 2.45) is 0 Å². The summed E-state index contributed by atoms with van der Waals surface area (Å²) in [5, 5.41) is 9.09. The number of carbonyl (C=O) groups is 2. The van der Waals surface area contributed by atoms with E-state index >= 15 is 0 Å². The molecular formula is C18H26N2O5. The number of carboxylic acids is 1. The van der Waals surface area contributed by atoms with Crippen molar-refractivity contribution in [3.05, 3.63) is 23.8 Å². The zero-order valence-electron chi connectivity index (χ0n) is 15.2. The van der Waals surface area contributed by atoms with Gasteiger partial charge >= 0.3 is 5.97 Å². The van der Waals surface area contributed by atoms with Gasteiger partial charge in [0.1, 0.15) is 17.5 Å². The molecule has 0 aliphatic carbocycles. The maximum atomic E-state index is 12.7. The lowest BCUT2D eigenvalue weighted by Gasteiger charge is -2.29. The first kappa shape index (κ1) is 19.1. The van der Waals surface area contributed by atoms with E-state index in [1.165, 1.54) is 0 Å². The molecule has 1 amide bonds. The molecule has 0 aromatic heterocycles. The van der Waals surface area contributed by atoms with Gasteiger partial charge in [0, 0.05) is 12.1 Å². The van der Waals surface area contributed by atoms with E-state index in [9.17, 15) is 9.59 Å². The van der Waals surface area contributed by atoms with Crippen LogP contribution in [0.1, 0.15) is 31.4 Å². The summed E-state index contributed by atoms with van der Waals surface area (Å²) in [6.45, 7) is 2.29. The molecule has 25 heavy (non-hydrogen) atoms. The Balaban J connectivity index is 2.20. The lowest BCUT2D eigenvalue weighted by molar-refractivity contribution is -0.143. The number of carbonyl (C=O) groups excluding carboxylic acids is 1. The predicted octanol–water partition coefficient (Wildman–Crippen LogP) is 1.77. The number of benzene rings is 1. The van der Waals surface area contributed by atoms with E-state index < -0.39 is 12.0 Å². The molecule has 1 fully saturated rings. The number of likely N-dealkylation sites (N-methyl/N-ethyl adjacent to an activating group) is 1. The summed E-state index contributed by atoms with van der Waals surface area (Å²) < 4.78 is 10.8. The maximum absolute atomic E-state index is 12.7. The van der Waals surface area contributed by atoms with Gasteiger partial charge in [0.05, 0.1) is 26.8 Å². The Bertz CT molecular complexity index is 634. The smallest absolute Gasteiger partial charge is 0.320 e. The number of likely N-dealkylation sites (tertiary alicyclic amines) is 1. The Morgan fingerprint density at radius 1 is 1.36 bits per heavy atom. The number of nitrogens with zero attached hydrogens (tertiary/aromatic N) is 2. The molecule has 1 aliphatic heterocycles. The summed E-state index contributed by atoms with van der Waals surface area (Å²) in [4.78, 5) is 27.2. The van der Waals surface area contributed by atoms with Gasteiger partial charge in [0.15, 0.2) is 0 Å². The average Bonchev–Trinajstić information content (AvgIpc) is 3.09. The molecule has 7 heteroatoms. The van der Waals surface area contributed by atoms with Crippen molar-refractivity contribution < 1.29 is 24.2 Å². The molecule has 1 saturated heterocycles. The molecule has 2 unspecified atom stereocenters. The highest BCUT2D eigenvalue weighted by atomic mass is 16.5. The number of rotatable bonds is 7. The predicted molar refractivity (Wildman–Crippen MR) is 93.0 cm³/mol. The van der Waals surface area contributed by atoms with Crippen molar-refractivity contribution in [2.45, 2.75) is 31.8 Å². The van der Waals surface area contributed by atoms with Crippen molar-refractivity contribution >= 4 is 11.9 Å². The highest BCUT2D eigenvalue weighted by Crippen LogP contribution is 2.38. The number of hydrogen-bond donors (Lipinski definition) is 1. The molecule has 1 heterocycles. The van der Waals surface area contributed by atoms with Crippen LogP contribution in [0.15, 0.2) is 18.2 Å². The zero-order chi connectivity index (χ0) is 18.6. The van der Waals surface area contributed by atoms with Crippen LogP contribution in [-0.2, 0) is 9.59 Å². The third-order valence-corrected chi connectivity index (χ3v) is 4.77. The second-order valence-corrected chi connectivity index (χ2v) is 6.28. The molecule has 1 aliphatic rings. The normalized spacial score (nSPS) is 18.3. The van der Waals surface area contributed by atoms with Gasteiger partial charge in [-0.05, 0) is 45.0 Å². The highest BCUT2D eigenvalue weighted by Gasteiger charge is 2.33. The van der Waals surface area contributed by atoms with Gasteiger partial charge < -0.3 is 19.5 Å². The molecule has 1 N–H and O–H groups in total. The fraction of sp³-hybridized carbons (Fsp3) is 0.556. The van der Waals surface area contributed by atoms with Crippen LogP contribution in [0.4, 0.5) is 0 Å². The Morgan fingerprint density at radius 3 is 2.68 bits per heavy atom. The van der Waals surface area contributed by atoms with Gasteiger partial charge in [-0.2, -0.15) is 0 Å². The Morgan fingerprint density at radius 2 is 2.08 bits per heavy atom. The summed E-state index contributed by atoms with van der Waals surface area (Å²) >= 11 is 0. The monoisotopic (exact) mass is 350 g/mol. The minimum Gasteiger partial charge on any atom is -0.497 e. The second kappa shape index (κ2) is 8.20. The van der Waals surface area contributed by atoms with Crippen LogP contribution in [-0.4, -0.2) is 67.2 Å². The van der Waals surface area contributed by atoms with E-state index in [2.05, 4.69) is 0 Å². The van der Waals surface area contributed by atoms with E-state index in [-0.39, 0.29) is 18.5 Å². The van der Waals surface area contributed by atoms with Crippen LogP contribution in [0.3, 0.4) is 0 Å². The molecule has 2 atom stereocenters. The third kappa shape index (κ3) is 4.22. The van der Waals surface area contributed by atoms with Crippen LogP contribution < -0.4 is 9.47 Å². The lowest BCUT2D eigenvalue weighted by Crippen LogP contribution is -2.44. The number of carboxylic acid groups (broad SMARTS) is 1. The molecule has 138 valence electrons. The SMILES string of the molecule is COc1ccc(OC)c(C2CCCN2C(=O)CN(C)C(C)C(=O)O)c1. The minimum absolute atomic E-state index is 0.0657. The van der Waals surface area contributed by atoms with Crippen molar-refractivity contribution in [1.82, 2.24) is 9.80 Å². The number of amides is 1. The molecule has 1 aromatic carbocycles. The highest BCUT2D eigenvalue weighted by molar-refractivity contribution is 5.80. The van der Waals surface area contributed by atoms with E-state index in [4.69, 9.17) is 14.6 Å². The van der Waals surface area contributed by atoms with Gasteiger partial charge in [0.2, 0.25) is 5.91 Å². The molecule has 0 radical (unpaired) electrons. The third-order valence-electron chi connectivity index (χ3n) is 4.77. The lowest BCUT2D eigenvalue weighted by atomic mass is 10.0. The van der Waals surface area contributed by atoms with Crippen LogP contribution >= 0.6 is 0 Å². The fourth-order valence-electron chi connectivity index (χ4n) is 3.12. The van der Waals surface area contributed by atoms with Crippen molar-refractivity contribution in [2.75, 3.05) is 34.4 Å². The standard InChI is InChI=1S/C18H26N2O5/c1-12(18(22)23)19(2)11-17(21)20-9-5-6-15(20)14-10-13(24-3)7-8-16(14)25-4/h7-8,10,12,15H,5-6,9,11H2,1-4H3,(H,22,23). The summed E-state index contributed by atoms with van der Waals surface area (Å²) in [5.41, 5.74) is 0.918. The van der Waals surface area contributed by atoms with Crippen molar-refractivity contribution in [3.63, 3.8) is 0 Å². The van der Waals surface area contributed by atoms with E-state index in [1.807, 2.05) is 23.1 Å². The average molecular weight is 350 g/mol. The van der Waals surface area contributed by atoms with Crippen LogP contribution in [0.25, 0.3) is 0 Å². The second-order valence-electron chi connectivity index (χ2n) is 6.28. The number of hydrogen-bond acceptors (Lipinski definition) is 5. The quantitative estimate of drug-likeness (QED) is 0.807. The van der Waals surface area contributed by atoms with E-state index in [0.29, 0.717) is 12.3 Å². The summed E-state index contributed by atoms with van der Waals surface area (Å²) in [7, 11) is 4.86. The molecule has 7 nitrogen and oxygen atoms in total. The molecule has 2 rings (SSSR count). The Hall–Kier alpha value is -2.28. The maximum Gasteiger partial charge on any atom is 0.320 e. The minimum atomic E-state index is -0.942. The largest absolute Gasteiger partial charge is 0.497 e. The molecule has 0 bridgehead atoms. The molecular weight excluding hydrogens is 324 g/mol. The summed E-state index contributed by atoms with van der Waals surface area (Å²) in [5.74, 6) is 0.412. The molecule has 0 spiro atoms. The first-order valence-corrected chi connectivity index (χ1v) is 8.33. The fourth-order valence-corrected chi connectivity index (χ4v) is 3.12. The number of ether oxygens (including phenoxy) is 2.